The lowest BCUT2D eigenvalue weighted by Gasteiger charge is -2.16. The predicted octanol–water partition coefficient (Wildman–Crippen LogP) is 2.05. The van der Waals surface area contributed by atoms with Crippen LogP contribution in [0, 0.1) is 0 Å². The maximum Gasteiger partial charge on any atom is 0.0962 e. The zero-order valence-electron chi connectivity index (χ0n) is 8.12. The van der Waals surface area contributed by atoms with E-state index in [1.165, 1.54) is 11.1 Å². The van der Waals surface area contributed by atoms with Gasteiger partial charge in [-0.1, -0.05) is 24.3 Å². The zero-order chi connectivity index (χ0) is 9.26. The monoisotopic (exact) mass is 174 g/mol. The average molecular weight is 174 g/mol. The molecule has 0 aliphatic carbocycles. The van der Waals surface area contributed by atoms with Crippen molar-refractivity contribution in [2.45, 2.75) is 20.0 Å². The van der Waals surface area contributed by atoms with Crippen LogP contribution in [0.15, 0.2) is 29.3 Å². The molecule has 0 atom stereocenters. The lowest BCUT2D eigenvalue weighted by atomic mass is 10.1. The normalized spacial score (nSPS) is 16.2. The molecule has 1 heterocycles. The van der Waals surface area contributed by atoms with Crippen LogP contribution in [-0.4, -0.2) is 17.8 Å². The van der Waals surface area contributed by atoms with E-state index in [0.717, 1.165) is 18.9 Å². The first-order valence-corrected chi connectivity index (χ1v) is 4.56. The first-order valence-electron chi connectivity index (χ1n) is 4.56. The highest BCUT2D eigenvalue weighted by Gasteiger charge is 2.09. The first-order chi connectivity index (χ1) is 6.27. The van der Waals surface area contributed by atoms with Gasteiger partial charge >= 0.3 is 0 Å². The van der Waals surface area contributed by atoms with Crippen molar-refractivity contribution >= 4 is 5.84 Å². The summed E-state index contributed by atoms with van der Waals surface area (Å²) in [6.45, 7) is 3.86. The summed E-state index contributed by atoms with van der Waals surface area (Å²) in [5.74, 6) is 1.12. The van der Waals surface area contributed by atoms with Crippen molar-refractivity contribution in [1.82, 2.24) is 4.90 Å². The molecule has 68 valence electrons. The molecule has 0 bridgehead atoms. The van der Waals surface area contributed by atoms with Gasteiger partial charge in [0.25, 0.3) is 0 Å². The number of nitrogens with zero attached hydrogens (tertiary/aromatic N) is 2. The highest BCUT2D eigenvalue weighted by atomic mass is 15.2. The number of amidine groups is 1. The third kappa shape index (κ3) is 1.57. The van der Waals surface area contributed by atoms with Gasteiger partial charge in [0.15, 0.2) is 0 Å². The number of fused-ring (bicyclic) bond motifs is 1. The summed E-state index contributed by atoms with van der Waals surface area (Å²) in [6, 6.07) is 8.51. The van der Waals surface area contributed by atoms with E-state index in [4.69, 9.17) is 0 Å². The van der Waals surface area contributed by atoms with Crippen molar-refractivity contribution in [3.63, 3.8) is 0 Å². The summed E-state index contributed by atoms with van der Waals surface area (Å²) in [4.78, 5) is 6.67. The van der Waals surface area contributed by atoms with Crippen LogP contribution in [0.5, 0.6) is 0 Å². The minimum absolute atomic E-state index is 0.826. The van der Waals surface area contributed by atoms with E-state index in [9.17, 15) is 0 Å². The molecule has 2 nitrogen and oxygen atoms in total. The summed E-state index contributed by atoms with van der Waals surface area (Å²) in [5.41, 5.74) is 2.75. The number of hydrogen-bond acceptors (Lipinski definition) is 2. The van der Waals surface area contributed by atoms with Crippen LogP contribution in [0.25, 0.3) is 0 Å². The standard InChI is InChI=1S/C11H14N2/c1-9-12-7-10-5-3-4-6-11(10)8-13(9)2/h3-6H,7-8H2,1-2H3. The molecule has 0 amide bonds. The molecule has 0 unspecified atom stereocenters. The van der Waals surface area contributed by atoms with Gasteiger partial charge in [-0.05, 0) is 18.1 Å². The van der Waals surface area contributed by atoms with Crippen molar-refractivity contribution in [2.24, 2.45) is 4.99 Å². The maximum absolute atomic E-state index is 4.49. The fourth-order valence-electron chi connectivity index (χ4n) is 1.56. The number of hydrogen-bond donors (Lipinski definition) is 0. The van der Waals surface area contributed by atoms with Gasteiger partial charge in [-0.3, -0.25) is 4.99 Å². The maximum atomic E-state index is 4.49. The summed E-state index contributed by atoms with van der Waals surface area (Å²) >= 11 is 0. The molecular weight excluding hydrogens is 160 g/mol. The molecule has 1 aromatic carbocycles. The largest absolute Gasteiger partial charge is 0.359 e. The van der Waals surface area contributed by atoms with Gasteiger partial charge in [0.05, 0.1) is 12.4 Å². The Bertz CT molecular complexity index is 342. The fraction of sp³-hybridized carbons (Fsp3) is 0.364. The Morgan fingerprint density at radius 3 is 2.69 bits per heavy atom. The van der Waals surface area contributed by atoms with Crippen LogP contribution in [0.2, 0.25) is 0 Å². The van der Waals surface area contributed by atoms with Crippen LogP contribution >= 0.6 is 0 Å². The van der Waals surface area contributed by atoms with Crippen molar-refractivity contribution in [1.29, 1.82) is 0 Å². The van der Waals surface area contributed by atoms with Gasteiger partial charge in [-0.25, -0.2) is 0 Å². The van der Waals surface area contributed by atoms with Crippen LogP contribution < -0.4 is 0 Å². The lowest BCUT2D eigenvalue weighted by molar-refractivity contribution is 0.500. The van der Waals surface area contributed by atoms with Crippen LogP contribution in [0.4, 0.5) is 0 Å². The molecule has 0 saturated carbocycles. The van der Waals surface area contributed by atoms with Gasteiger partial charge in [0.2, 0.25) is 0 Å². The highest BCUT2D eigenvalue weighted by Crippen LogP contribution is 2.15. The second kappa shape index (κ2) is 3.21. The average Bonchev–Trinajstić information content (AvgIpc) is 2.28. The molecule has 1 aliphatic rings. The second-order valence-electron chi connectivity index (χ2n) is 3.49. The molecular formula is C11H14N2. The van der Waals surface area contributed by atoms with Gasteiger partial charge in [-0.15, -0.1) is 0 Å². The molecule has 2 heteroatoms. The smallest absolute Gasteiger partial charge is 0.0962 e. The van der Waals surface area contributed by atoms with Gasteiger partial charge in [-0.2, -0.15) is 0 Å². The minimum atomic E-state index is 0.826. The van der Waals surface area contributed by atoms with E-state index in [0.29, 0.717) is 0 Å². The Labute approximate surface area is 78.9 Å². The molecule has 0 aromatic heterocycles. The summed E-state index contributed by atoms with van der Waals surface area (Å²) < 4.78 is 0. The third-order valence-corrected chi connectivity index (χ3v) is 2.56. The third-order valence-electron chi connectivity index (χ3n) is 2.56. The number of rotatable bonds is 0. The molecule has 2 rings (SSSR count). The topological polar surface area (TPSA) is 15.6 Å². The van der Waals surface area contributed by atoms with E-state index >= 15 is 0 Å². The van der Waals surface area contributed by atoms with Gasteiger partial charge in [0.1, 0.15) is 0 Å². The van der Waals surface area contributed by atoms with Crippen molar-refractivity contribution in [3.8, 4) is 0 Å². The van der Waals surface area contributed by atoms with Gasteiger partial charge in [0, 0.05) is 13.6 Å². The van der Waals surface area contributed by atoms with E-state index < -0.39 is 0 Å². The molecule has 13 heavy (non-hydrogen) atoms. The van der Waals surface area contributed by atoms with E-state index in [1.807, 2.05) is 0 Å². The van der Waals surface area contributed by atoms with Crippen molar-refractivity contribution in [2.75, 3.05) is 7.05 Å². The number of aliphatic imine (C=N–C) groups is 1. The van der Waals surface area contributed by atoms with Crippen molar-refractivity contribution < 1.29 is 0 Å². The molecule has 0 fully saturated rings. The summed E-state index contributed by atoms with van der Waals surface area (Å²) in [6.07, 6.45) is 0. The van der Waals surface area contributed by atoms with E-state index in [2.05, 4.69) is 48.1 Å². The van der Waals surface area contributed by atoms with Crippen LogP contribution in [0.1, 0.15) is 18.1 Å². The van der Waals surface area contributed by atoms with Crippen LogP contribution in [-0.2, 0) is 13.1 Å². The Morgan fingerprint density at radius 1 is 1.23 bits per heavy atom. The van der Waals surface area contributed by atoms with Crippen LogP contribution in [0.3, 0.4) is 0 Å². The van der Waals surface area contributed by atoms with E-state index in [1.54, 1.807) is 0 Å². The zero-order valence-corrected chi connectivity index (χ0v) is 8.12. The predicted molar refractivity (Wildman–Crippen MR) is 54.7 cm³/mol. The summed E-state index contributed by atoms with van der Waals surface area (Å²) in [5, 5.41) is 0. The lowest BCUT2D eigenvalue weighted by Crippen LogP contribution is -2.22. The van der Waals surface area contributed by atoms with E-state index in [-0.39, 0.29) is 0 Å². The van der Waals surface area contributed by atoms with Gasteiger partial charge < -0.3 is 4.90 Å². The first kappa shape index (κ1) is 8.30. The number of benzene rings is 1. The Kier molecular flexibility index (Phi) is 2.05. The molecule has 0 N–H and O–H groups in total. The Balaban J connectivity index is 2.38. The quantitative estimate of drug-likeness (QED) is 0.587. The highest BCUT2D eigenvalue weighted by molar-refractivity contribution is 5.79. The Morgan fingerprint density at radius 2 is 1.92 bits per heavy atom. The molecule has 1 aliphatic heterocycles. The molecule has 0 radical (unpaired) electrons. The summed E-state index contributed by atoms with van der Waals surface area (Å²) in [7, 11) is 2.08. The van der Waals surface area contributed by atoms with Crippen molar-refractivity contribution in [3.05, 3.63) is 35.4 Å². The SMILES string of the molecule is CC1=NCc2ccccc2CN1C. The second-order valence-corrected chi connectivity index (χ2v) is 3.49. The molecule has 1 aromatic rings. The fourth-order valence-corrected chi connectivity index (χ4v) is 1.56. The minimum Gasteiger partial charge on any atom is -0.359 e. The molecule has 0 saturated heterocycles. The Hall–Kier alpha value is -1.31. The molecule has 0 spiro atoms.